The lowest BCUT2D eigenvalue weighted by Crippen LogP contribution is -2.15. The van der Waals surface area contributed by atoms with Crippen molar-refractivity contribution < 1.29 is 0 Å². The molecule has 2 nitrogen and oxygen atoms in total. The zero-order valence-electron chi connectivity index (χ0n) is 30.5. The standard InChI is InChI=1S/C52H38N2S/c1-2-13-33(14-3-1)36-17-12-18-38(29-36)53-45-22-9-6-19-40(45)44-31-37(26-28-47(44)53)43-32-49-51(42-21-8-11-24-48(42)55-49)52-50(43)41-20-7-10-23-46(41)54(52)39-27-25-34-15-4-5-16-35(34)30-39/h1-7,9-10,12-20,22-23,25-32,42,48H,8,11,21,24H2. The second-order valence-corrected chi connectivity index (χ2v) is 16.8. The van der Waals surface area contributed by atoms with E-state index in [2.05, 4.69) is 191 Å². The second-order valence-electron chi connectivity index (χ2n) is 15.5. The Balaban J connectivity index is 1.13. The molecule has 2 atom stereocenters. The molecule has 0 N–H and O–H groups in total. The van der Waals surface area contributed by atoms with Crippen molar-refractivity contribution in [2.45, 2.75) is 41.7 Å². The first-order valence-corrected chi connectivity index (χ1v) is 20.6. The van der Waals surface area contributed by atoms with Crippen LogP contribution in [-0.2, 0) is 0 Å². The normalized spacial score (nSPS) is 16.7. The van der Waals surface area contributed by atoms with Crippen LogP contribution in [0.5, 0.6) is 0 Å². The first-order valence-electron chi connectivity index (χ1n) is 19.7. The smallest absolute Gasteiger partial charge is 0.0593 e. The van der Waals surface area contributed by atoms with Crippen LogP contribution >= 0.6 is 11.8 Å². The van der Waals surface area contributed by atoms with Crippen LogP contribution in [0, 0.1) is 0 Å². The van der Waals surface area contributed by atoms with Crippen molar-refractivity contribution in [1.82, 2.24) is 9.13 Å². The van der Waals surface area contributed by atoms with Crippen molar-refractivity contribution in [3.63, 3.8) is 0 Å². The fourth-order valence-corrected chi connectivity index (χ4v) is 11.6. The predicted octanol–water partition coefficient (Wildman–Crippen LogP) is 14.5. The topological polar surface area (TPSA) is 9.86 Å². The maximum absolute atomic E-state index is 2.61. The van der Waals surface area contributed by atoms with E-state index in [-0.39, 0.29) is 0 Å². The van der Waals surface area contributed by atoms with Gasteiger partial charge in [-0.2, -0.15) is 0 Å². The van der Waals surface area contributed by atoms with Gasteiger partial charge in [0.15, 0.2) is 0 Å². The third-order valence-electron chi connectivity index (χ3n) is 12.5. The molecule has 0 bridgehead atoms. The van der Waals surface area contributed by atoms with Crippen molar-refractivity contribution in [1.29, 1.82) is 0 Å². The molecule has 8 aromatic carbocycles. The summed E-state index contributed by atoms with van der Waals surface area (Å²) in [5, 5.41) is 8.48. The van der Waals surface area contributed by atoms with Crippen LogP contribution in [0.2, 0.25) is 0 Å². The monoisotopic (exact) mass is 722 g/mol. The van der Waals surface area contributed by atoms with Gasteiger partial charge in [-0.3, -0.25) is 0 Å². The van der Waals surface area contributed by atoms with E-state index in [4.69, 9.17) is 0 Å². The summed E-state index contributed by atoms with van der Waals surface area (Å²) in [4.78, 5) is 1.48. The third kappa shape index (κ3) is 4.76. The molecule has 2 unspecified atom stereocenters. The lowest BCUT2D eigenvalue weighted by molar-refractivity contribution is 0.462. The number of hydrogen-bond acceptors (Lipinski definition) is 1. The summed E-state index contributed by atoms with van der Waals surface area (Å²) in [7, 11) is 0. The van der Waals surface area contributed by atoms with Gasteiger partial charge in [-0.15, -0.1) is 11.8 Å². The Hall–Kier alpha value is -6.03. The molecule has 3 heteroatoms. The highest BCUT2D eigenvalue weighted by Gasteiger charge is 2.39. The molecule has 1 aliphatic heterocycles. The van der Waals surface area contributed by atoms with Crippen molar-refractivity contribution in [2.75, 3.05) is 0 Å². The van der Waals surface area contributed by atoms with Gasteiger partial charge in [0.1, 0.15) is 0 Å². The summed E-state index contributed by atoms with van der Waals surface area (Å²) < 4.78 is 5.06. The molecule has 0 amide bonds. The molecule has 10 aromatic rings. The van der Waals surface area contributed by atoms with Crippen LogP contribution < -0.4 is 0 Å². The summed E-state index contributed by atoms with van der Waals surface area (Å²) in [6, 6.07) is 63.3. The highest BCUT2D eigenvalue weighted by atomic mass is 32.2. The Morgan fingerprint density at radius 1 is 0.455 bits per heavy atom. The number of hydrogen-bond donors (Lipinski definition) is 0. The number of para-hydroxylation sites is 2. The number of thioether (sulfide) groups is 1. The molecule has 262 valence electrons. The van der Waals surface area contributed by atoms with Crippen molar-refractivity contribution in [2.24, 2.45) is 0 Å². The minimum absolute atomic E-state index is 0.584. The molecule has 1 aliphatic carbocycles. The van der Waals surface area contributed by atoms with Gasteiger partial charge < -0.3 is 9.13 Å². The van der Waals surface area contributed by atoms with Gasteiger partial charge in [-0.05, 0) is 112 Å². The number of fused-ring (bicyclic) bond motifs is 11. The molecule has 1 saturated carbocycles. The average Bonchev–Trinajstić information content (AvgIpc) is 3.91. The fraction of sp³-hybridized carbons (Fsp3) is 0.115. The molecule has 0 saturated heterocycles. The summed E-state index contributed by atoms with van der Waals surface area (Å²) in [5.74, 6) is 0.584. The SMILES string of the molecule is c1ccc(-c2cccc(-n3c4ccccc4c4cc(-c5cc6c(c7c5c5ccccc5n7-c5ccc7ccccc7c5)C5CCCCC5S6)ccc43)c2)cc1. The highest BCUT2D eigenvalue weighted by Crippen LogP contribution is 2.57. The van der Waals surface area contributed by atoms with Crippen molar-refractivity contribution in [3.05, 3.63) is 175 Å². The minimum Gasteiger partial charge on any atom is -0.309 e. The van der Waals surface area contributed by atoms with E-state index in [1.165, 1.54) is 119 Å². The van der Waals surface area contributed by atoms with E-state index < -0.39 is 0 Å². The molecule has 12 rings (SSSR count). The first kappa shape index (κ1) is 31.3. The van der Waals surface area contributed by atoms with Gasteiger partial charge in [0, 0.05) is 43.1 Å². The van der Waals surface area contributed by atoms with Gasteiger partial charge in [0.25, 0.3) is 0 Å². The Bertz CT molecular complexity index is 3150. The Morgan fingerprint density at radius 2 is 1.16 bits per heavy atom. The van der Waals surface area contributed by atoms with E-state index >= 15 is 0 Å². The number of nitrogens with zero attached hydrogens (tertiary/aromatic N) is 2. The van der Waals surface area contributed by atoms with Gasteiger partial charge in [-0.25, -0.2) is 0 Å². The predicted molar refractivity (Wildman–Crippen MR) is 234 cm³/mol. The lowest BCUT2D eigenvalue weighted by Gasteiger charge is -2.25. The first-order chi connectivity index (χ1) is 27.3. The van der Waals surface area contributed by atoms with E-state index in [1.807, 2.05) is 0 Å². The molecule has 0 spiro atoms. The van der Waals surface area contributed by atoms with E-state index in [9.17, 15) is 0 Å². The number of benzene rings is 8. The molecule has 2 aliphatic rings. The van der Waals surface area contributed by atoms with E-state index in [0.29, 0.717) is 11.2 Å². The quantitative estimate of drug-likeness (QED) is 0.176. The molecule has 55 heavy (non-hydrogen) atoms. The number of aromatic nitrogens is 2. The van der Waals surface area contributed by atoms with Crippen molar-refractivity contribution in [3.8, 4) is 33.6 Å². The number of rotatable bonds is 4. The molecular formula is C52H38N2S. The van der Waals surface area contributed by atoms with Crippen LogP contribution in [0.3, 0.4) is 0 Å². The van der Waals surface area contributed by atoms with Gasteiger partial charge in [-0.1, -0.05) is 128 Å². The van der Waals surface area contributed by atoms with Crippen LogP contribution in [-0.4, -0.2) is 14.4 Å². The fourth-order valence-electron chi connectivity index (χ4n) is 10.0. The van der Waals surface area contributed by atoms with Crippen LogP contribution in [0.4, 0.5) is 0 Å². The second kappa shape index (κ2) is 12.2. The molecule has 0 radical (unpaired) electrons. The third-order valence-corrected chi connectivity index (χ3v) is 13.9. The zero-order valence-corrected chi connectivity index (χ0v) is 31.3. The maximum atomic E-state index is 2.61. The van der Waals surface area contributed by atoms with E-state index in [0.717, 1.165) is 0 Å². The lowest BCUT2D eigenvalue weighted by atomic mass is 9.82. The van der Waals surface area contributed by atoms with Crippen molar-refractivity contribution >= 4 is 66.1 Å². The largest absolute Gasteiger partial charge is 0.309 e. The van der Waals surface area contributed by atoms with Gasteiger partial charge >= 0.3 is 0 Å². The average molecular weight is 723 g/mol. The van der Waals surface area contributed by atoms with Crippen LogP contribution in [0.15, 0.2) is 175 Å². The molecule has 1 fully saturated rings. The van der Waals surface area contributed by atoms with Gasteiger partial charge in [0.2, 0.25) is 0 Å². The maximum Gasteiger partial charge on any atom is 0.0593 e. The molecular weight excluding hydrogens is 685 g/mol. The Kier molecular flexibility index (Phi) is 6.98. The summed E-state index contributed by atoms with van der Waals surface area (Å²) >= 11 is 2.15. The highest BCUT2D eigenvalue weighted by molar-refractivity contribution is 8.00. The summed E-state index contributed by atoms with van der Waals surface area (Å²) in [5.41, 5.74) is 14.2. The van der Waals surface area contributed by atoms with Crippen LogP contribution in [0.1, 0.15) is 37.2 Å². The zero-order chi connectivity index (χ0) is 36.0. The van der Waals surface area contributed by atoms with Crippen LogP contribution in [0.25, 0.3) is 88.0 Å². The minimum atomic E-state index is 0.584. The Morgan fingerprint density at radius 3 is 2.05 bits per heavy atom. The van der Waals surface area contributed by atoms with E-state index in [1.54, 1.807) is 5.56 Å². The molecule has 2 aromatic heterocycles. The van der Waals surface area contributed by atoms with Gasteiger partial charge in [0.05, 0.1) is 22.1 Å². The summed E-state index contributed by atoms with van der Waals surface area (Å²) in [6.07, 6.45) is 5.22. The summed E-state index contributed by atoms with van der Waals surface area (Å²) in [6.45, 7) is 0. The molecule has 3 heterocycles. The Labute approximate surface area is 324 Å².